The van der Waals surface area contributed by atoms with Crippen molar-refractivity contribution in [2.45, 2.75) is 18.6 Å². The molecule has 0 saturated carbocycles. The number of carboxylic acid groups (broad SMARTS) is 1. The van der Waals surface area contributed by atoms with Crippen LogP contribution in [0, 0.1) is 6.92 Å². The number of carbonyl (C=O) groups is 1. The number of hydrogen-bond acceptors (Lipinski definition) is 7. The summed E-state index contributed by atoms with van der Waals surface area (Å²) < 4.78 is 0. The van der Waals surface area contributed by atoms with E-state index in [1.807, 2.05) is 0 Å². The average Bonchev–Trinajstić information content (AvgIpc) is 2.58. The van der Waals surface area contributed by atoms with Gasteiger partial charge in [-0.1, -0.05) is 0 Å². The number of benzene rings is 1. The fourth-order valence-corrected chi connectivity index (χ4v) is 3.72. The van der Waals surface area contributed by atoms with Crippen molar-refractivity contribution < 1.29 is 20.1 Å². The highest BCUT2D eigenvalue weighted by molar-refractivity contribution is 7.99. The van der Waals surface area contributed by atoms with Gasteiger partial charge in [0.15, 0.2) is 6.23 Å². The van der Waals surface area contributed by atoms with Crippen LogP contribution in [0.25, 0.3) is 11.3 Å². The molecule has 0 radical (unpaired) electrons. The summed E-state index contributed by atoms with van der Waals surface area (Å²) in [5.74, 6) is -0.390. The summed E-state index contributed by atoms with van der Waals surface area (Å²) >= 11 is 1.29. The zero-order chi connectivity index (χ0) is 17.3. The topological polar surface area (TPSA) is 107 Å². The smallest absolute Gasteiger partial charge is 0.336 e. The summed E-state index contributed by atoms with van der Waals surface area (Å²) in [7, 11) is 0. The summed E-state index contributed by atoms with van der Waals surface area (Å²) in [6, 6.07) is 3.15. The van der Waals surface area contributed by atoms with Crippen molar-refractivity contribution in [2.75, 3.05) is 17.2 Å². The minimum atomic E-state index is -1.06. The van der Waals surface area contributed by atoms with Crippen molar-refractivity contribution in [3.8, 4) is 11.3 Å². The highest BCUT2D eigenvalue weighted by atomic mass is 32.2. The van der Waals surface area contributed by atoms with Crippen LogP contribution in [0.4, 0.5) is 5.69 Å². The third-order valence-electron chi connectivity index (χ3n) is 3.99. The largest absolute Gasteiger partial charge is 0.478 e. The maximum atomic E-state index is 11.6. The Kier molecular flexibility index (Phi) is 4.70. The summed E-state index contributed by atoms with van der Waals surface area (Å²) in [5, 5.41) is 29.6. The number of rotatable bonds is 3. The fourth-order valence-electron chi connectivity index (χ4n) is 2.86. The van der Waals surface area contributed by atoms with E-state index < -0.39 is 17.6 Å². The van der Waals surface area contributed by atoms with Crippen molar-refractivity contribution in [2.24, 2.45) is 0 Å². The summed E-state index contributed by atoms with van der Waals surface area (Å²) in [5.41, 5.74) is 1.49. The quantitative estimate of drug-likeness (QED) is 0.764. The van der Waals surface area contributed by atoms with Crippen LogP contribution in [0.5, 0.6) is 0 Å². The number of nitrogens with zero attached hydrogens (tertiary/aromatic N) is 3. The number of hydrogen-bond donors (Lipinski definition) is 3. The molecule has 3 N–H and O–H groups in total. The van der Waals surface area contributed by atoms with Gasteiger partial charge in [0.2, 0.25) is 0 Å². The molecule has 0 bridgehead atoms. The van der Waals surface area contributed by atoms with Gasteiger partial charge in [-0.05, 0) is 24.6 Å². The van der Waals surface area contributed by atoms with Gasteiger partial charge in [0, 0.05) is 35.9 Å². The predicted octanol–water partition coefficient (Wildman–Crippen LogP) is 1.34. The second kappa shape index (κ2) is 6.76. The lowest BCUT2D eigenvalue weighted by Crippen LogP contribution is -2.48. The van der Waals surface area contributed by atoms with Gasteiger partial charge in [0.05, 0.1) is 17.5 Å². The summed E-state index contributed by atoms with van der Waals surface area (Å²) in [6.45, 7) is 2.34. The molecule has 24 heavy (non-hydrogen) atoms. The van der Waals surface area contributed by atoms with Gasteiger partial charge < -0.3 is 20.2 Å². The van der Waals surface area contributed by atoms with E-state index in [1.165, 1.54) is 36.4 Å². The first kappa shape index (κ1) is 16.7. The maximum absolute atomic E-state index is 11.6. The first-order chi connectivity index (χ1) is 11.5. The molecule has 1 aliphatic heterocycles. The lowest BCUT2D eigenvalue weighted by atomic mass is 9.96. The van der Waals surface area contributed by atoms with Crippen LogP contribution in [0.15, 0.2) is 30.7 Å². The third-order valence-corrected chi connectivity index (χ3v) is 4.99. The molecule has 2 aromatic rings. The second-order valence-electron chi connectivity index (χ2n) is 5.40. The van der Waals surface area contributed by atoms with Crippen LogP contribution >= 0.6 is 11.8 Å². The summed E-state index contributed by atoms with van der Waals surface area (Å²) in [6.07, 6.45) is 3.48. The molecule has 2 atom stereocenters. The molecule has 1 fully saturated rings. The number of aliphatic hydroxyl groups is 2. The normalized spacial score (nSPS) is 20.9. The number of aromatic carboxylic acids is 1. The van der Waals surface area contributed by atoms with Crippen LogP contribution < -0.4 is 4.90 Å². The zero-order valence-corrected chi connectivity index (χ0v) is 13.8. The average molecular weight is 347 g/mol. The van der Waals surface area contributed by atoms with E-state index in [4.69, 9.17) is 0 Å². The molecule has 0 aliphatic carbocycles. The zero-order valence-electron chi connectivity index (χ0n) is 13.0. The highest BCUT2D eigenvalue weighted by Crippen LogP contribution is 2.36. The monoisotopic (exact) mass is 347 g/mol. The van der Waals surface area contributed by atoms with Crippen LogP contribution in [0.2, 0.25) is 0 Å². The SMILES string of the molecule is Cc1c(N2CCSC(O)C2O)ccc(C(=O)O)c1-c1cnccn1. The molecule has 126 valence electrons. The highest BCUT2D eigenvalue weighted by Gasteiger charge is 2.31. The molecular weight excluding hydrogens is 330 g/mol. The lowest BCUT2D eigenvalue weighted by molar-refractivity contribution is 0.0675. The standard InChI is InChI=1S/C16H17N3O4S/c1-9-12(19-6-7-24-16(23)14(19)20)3-2-10(15(21)22)13(9)11-8-17-4-5-18-11/h2-5,8,14,16,20,23H,6-7H2,1H3,(H,21,22). The molecule has 3 rings (SSSR count). The van der Waals surface area contributed by atoms with Crippen LogP contribution in [0.1, 0.15) is 15.9 Å². The Morgan fingerprint density at radius 1 is 1.33 bits per heavy atom. The first-order valence-corrected chi connectivity index (χ1v) is 8.43. The first-order valence-electron chi connectivity index (χ1n) is 7.38. The Balaban J connectivity index is 2.15. The second-order valence-corrected chi connectivity index (χ2v) is 6.62. The van der Waals surface area contributed by atoms with E-state index in [1.54, 1.807) is 17.9 Å². The van der Waals surface area contributed by atoms with Gasteiger partial charge in [-0.3, -0.25) is 9.97 Å². The third kappa shape index (κ3) is 2.95. The minimum absolute atomic E-state index is 0.123. The van der Waals surface area contributed by atoms with Crippen LogP contribution in [-0.4, -0.2) is 55.2 Å². The molecule has 1 aliphatic rings. The molecule has 2 unspecified atom stereocenters. The molecule has 0 spiro atoms. The van der Waals surface area contributed by atoms with Crippen molar-refractivity contribution in [3.63, 3.8) is 0 Å². The lowest BCUT2D eigenvalue weighted by Gasteiger charge is -2.38. The van der Waals surface area contributed by atoms with Gasteiger partial charge in [-0.15, -0.1) is 11.8 Å². The maximum Gasteiger partial charge on any atom is 0.336 e. The molecule has 7 nitrogen and oxygen atoms in total. The molecule has 2 heterocycles. The van der Waals surface area contributed by atoms with Crippen molar-refractivity contribution >= 4 is 23.4 Å². The molecule has 0 amide bonds. The fraction of sp³-hybridized carbons (Fsp3) is 0.312. The Labute approximate surface area is 143 Å². The minimum Gasteiger partial charge on any atom is -0.478 e. The van der Waals surface area contributed by atoms with Gasteiger partial charge in [0.25, 0.3) is 0 Å². The van der Waals surface area contributed by atoms with Crippen molar-refractivity contribution in [3.05, 3.63) is 41.9 Å². The molecular formula is C16H17N3O4S. The number of anilines is 1. The number of aliphatic hydroxyl groups excluding tert-OH is 2. The molecule has 8 heteroatoms. The predicted molar refractivity (Wildman–Crippen MR) is 91.0 cm³/mol. The van der Waals surface area contributed by atoms with Gasteiger partial charge in [0.1, 0.15) is 5.44 Å². The Hall–Kier alpha value is -2.16. The van der Waals surface area contributed by atoms with Crippen molar-refractivity contribution in [1.82, 2.24) is 9.97 Å². The van der Waals surface area contributed by atoms with E-state index in [0.717, 1.165) is 0 Å². The van der Waals surface area contributed by atoms with Crippen LogP contribution in [-0.2, 0) is 0 Å². The number of carboxylic acids is 1. The van der Waals surface area contributed by atoms with E-state index in [9.17, 15) is 20.1 Å². The Bertz CT molecular complexity index is 756. The molecule has 1 saturated heterocycles. The molecule has 1 aromatic heterocycles. The Morgan fingerprint density at radius 3 is 2.79 bits per heavy atom. The van der Waals surface area contributed by atoms with Gasteiger partial charge in [-0.2, -0.15) is 0 Å². The van der Waals surface area contributed by atoms with Gasteiger partial charge in [-0.25, -0.2) is 4.79 Å². The van der Waals surface area contributed by atoms with Crippen LogP contribution in [0.3, 0.4) is 0 Å². The number of thioether (sulfide) groups is 1. The number of aromatic nitrogens is 2. The van der Waals surface area contributed by atoms with E-state index in [-0.39, 0.29) is 5.56 Å². The van der Waals surface area contributed by atoms with Crippen molar-refractivity contribution in [1.29, 1.82) is 0 Å². The van der Waals surface area contributed by atoms with Gasteiger partial charge >= 0.3 is 5.97 Å². The summed E-state index contributed by atoms with van der Waals surface area (Å²) in [4.78, 5) is 21.5. The molecule has 1 aromatic carbocycles. The van der Waals surface area contributed by atoms with E-state index in [2.05, 4.69) is 9.97 Å². The van der Waals surface area contributed by atoms with E-state index >= 15 is 0 Å². The Morgan fingerprint density at radius 2 is 2.12 bits per heavy atom. The van der Waals surface area contributed by atoms with E-state index in [0.29, 0.717) is 34.8 Å².